The SMILES string of the molecule is CCC[C@H](NC(=O)Cn1cnc2c(oc3ccccc32)c1=O)c1ccccc1. The summed E-state index contributed by atoms with van der Waals surface area (Å²) in [5.74, 6) is -0.235. The molecule has 2 aromatic carbocycles. The summed E-state index contributed by atoms with van der Waals surface area (Å²) >= 11 is 0. The van der Waals surface area contributed by atoms with Crippen molar-refractivity contribution >= 4 is 28.0 Å². The first kappa shape index (κ1) is 18.0. The van der Waals surface area contributed by atoms with Crippen LogP contribution in [-0.4, -0.2) is 15.5 Å². The minimum Gasteiger partial charge on any atom is -0.448 e. The maximum Gasteiger partial charge on any atom is 0.297 e. The highest BCUT2D eigenvalue weighted by Gasteiger charge is 2.17. The molecule has 28 heavy (non-hydrogen) atoms. The minimum absolute atomic E-state index is 0.0858. The number of fused-ring (bicyclic) bond motifs is 3. The first-order valence-corrected chi connectivity index (χ1v) is 9.38. The predicted octanol–water partition coefficient (Wildman–Crippen LogP) is 3.80. The Balaban J connectivity index is 1.58. The number of nitrogens with one attached hydrogen (secondary N) is 1. The van der Waals surface area contributed by atoms with Crippen molar-refractivity contribution in [3.63, 3.8) is 0 Å². The molecule has 4 rings (SSSR count). The first-order chi connectivity index (χ1) is 13.7. The number of carbonyl (C=O) groups excluding carboxylic acids is 1. The van der Waals surface area contributed by atoms with Crippen LogP contribution in [0.1, 0.15) is 31.4 Å². The molecule has 142 valence electrons. The molecule has 0 fully saturated rings. The third-order valence-corrected chi connectivity index (χ3v) is 4.78. The normalized spacial score (nSPS) is 12.3. The minimum atomic E-state index is -0.358. The van der Waals surface area contributed by atoms with Gasteiger partial charge in [0.1, 0.15) is 17.6 Å². The van der Waals surface area contributed by atoms with Gasteiger partial charge in [-0.1, -0.05) is 55.8 Å². The van der Waals surface area contributed by atoms with Gasteiger partial charge >= 0.3 is 0 Å². The number of carbonyl (C=O) groups is 1. The zero-order valence-electron chi connectivity index (χ0n) is 15.6. The Kier molecular flexibility index (Phi) is 4.93. The summed E-state index contributed by atoms with van der Waals surface area (Å²) in [4.78, 5) is 29.7. The lowest BCUT2D eigenvalue weighted by Gasteiger charge is -2.19. The summed E-state index contributed by atoms with van der Waals surface area (Å²) in [5, 5.41) is 3.82. The van der Waals surface area contributed by atoms with E-state index in [1.54, 1.807) is 6.07 Å². The molecule has 0 aliphatic heterocycles. The summed E-state index contributed by atoms with van der Waals surface area (Å²) < 4.78 is 6.95. The third kappa shape index (κ3) is 3.41. The van der Waals surface area contributed by atoms with Gasteiger partial charge in [0.15, 0.2) is 0 Å². The van der Waals surface area contributed by atoms with Gasteiger partial charge in [-0.2, -0.15) is 0 Å². The van der Waals surface area contributed by atoms with E-state index in [1.807, 2.05) is 48.5 Å². The number of hydrogen-bond donors (Lipinski definition) is 1. The van der Waals surface area contributed by atoms with Gasteiger partial charge in [-0.05, 0) is 24.1 Å². The van der Waals surface area contributed by atoms with Gasteiger partial charge in [-0.3, -0.25) is 14.2 Å². The van der Waals surface area contributed by atoms with Gasteiger partial charge < -0.3 is 9.73 Å². The molecule has 0 unspecified atom stereocenters. The molecule has 2 heterocycles. The van der Waals surface area contributed by atoms with Crippen LogP contribution in [0.2, 0.25) is 0 Å². The van der Waals surface area contributed by atoms with Crippen LogP contribution in [0.25, 0.3) is 22.1 Å². The topological polar surface area (TPSA) is 77.1 Å². The molecule has 0 aliphatic rings. The maximum atomic E-state index is 12.8. The number of nitrogens with zero attached hydrogens (tertiary/aromatic N) is 2. The van der Waals surface area contributed by atoms with Crippen molar-refractivity contribution < 1.29 is 9.21 Å². The van der Waals surface area contributed by atoms with Crippen molar-refractivity contribution in [2.75, 3.05) is 0 Å². The molecule has 4 aromatic rings. The summed E-state index contributed by atoms with van der Waals surface area (Å²) in [7, 11) is 0. The lowest BCUT2D eigenvalue weighted by molar-refractivity contribution is -0.122. The van der Waals surface area contributed by atoms with E-state index in [2.05, 4.69) is 17.2 Å². The highest BCUT2D eigenvalue weighted by Crippen LogP contribution is 2.24. The molecule has 0 radical (unpaired) electrons. The molecule has 6 heteroatoms. The Bertz CT molecular complexity index is 1180. The summed E-state index contributed by atoms with van der Waals surface area (Å²) in [5.41, 5.74) is 1.99. The second-order valence-corrected chi connectivity index (χ2v) is 6.77. The van der Waals surface area contributed by atoms with E-state index in [-0.39, 0.29) is 29.6 Å². The lowest BCUT2D eigenvalue weighted by Crippen LogP contribution is -2.34. The third-order valence-electron chi connectivity index (χ3n) is 4.78. The number of aromatic nitrogens is 2. The van der Waals surface area contributed by atoms with E-state index in [0.717, 1.165) is 23.8 Å². The fourth-order valence-electron chi connectivity index (χ4n) is 3.42. The number of rotatable bonds is 6. The van der Waals surface area contributed by atoms with E-state index in [9.17, 15) is 9.59 Å². The van der Waals surface area contributed by atoms with E-state index >= 15 is 0 Å². The maximum absolute atomic E-state index is 12.8. The molecule has 0 saturated heterocycles. The second-order valence-electron chi connectivity index (χ2n) is 6.77. The number of benzene rings is 2. The molecule has 0 bridgehead atoms. The summed E-state index contributed by atoms with van der Waals surface area (Å²) in [6.07, 6.45) is 3.17. The van der Waals surface area contributed by atoms with Crippen molar-refractivity contribution in [1.82, 2.24) is 14.9 Å². The molecule has 2 aromatic heterocycles. The van der Waals surface area contributed by atoms with Crippen LogP contribution in [0.4, 0.5) is 0 Å². The average Bonchev–Trinajstić information content (AvgIpc) is 3.10. The van der Waals surface area contributed by atoms with E-state index in [0.29, 0.717) is 11.1 Å². The standard InChI is InChI=1S/C22H21N3O3/c1-2-8-17(15-9-4-3-5-10-15)24-19(26)13-25-14-23-20-16-11-6-7-12-18(16)28-21(20)22(25)27/h3-7,9-12,14,17H,2,8,13H2,1H3,(H,24,26)/t17-/m0/s1. The number of amides is 1. The van der Waals surface area contributed by atoms with Gasteiger partial charge in [-0.15, -0.1) is 0 Å². The van der Waals surface area contributed by atoms with Crippen LogP contribution in [0.3, 0.4) is 0 Å². The molecular formula is C22H21N3O3. The average molecular weight is 375 g/mol. The highest BCUT2D eigenvalue weighted by molar-refractivity contribution is 6.01. The molecule has 6 nitrogen and oxygen atoms in total. The number of hydrogen-bond acceptors (Lipinski definition) is 4. The van der Waals surface area contributed by atoms with Crippen LogP contribution >= 0.6 is 0 Å². The molecule has 0 spiro atoms. The van der Waals surface area contributed by atoms with Crippen LogP contribution in [0.15, 0.2) is 70.1 Å². The van der Waals surface area contributed by atoms with Crippen molar-refractivity contribution in [3.05, 3.63) is 76.8 Å². The Hall–Kier alpha value is -3.41. The summed E-state index contributed by atoms with van der Waals surface area (Å²) in [6, 6.07) is 17.1. The predicted molar refractivity (Wildman–Crippen MR) is 108 cm³/mol. The largest absolute Gasteiger partial charge is 0.448 e. The van der Waals surface area contributed by atoms with E-state index in [4.69, 9.17) is 4.42 Å². The van der Waals surface area contributed by atoms with Crippen LogP contribution in [-0.2, 0) is 11.3 Å². The van der Waals surface area contributed by atoms with Crippen molar-refractivity contribution in [3.8, 4) is 0 Å². The van der Waals surface area contributed by atoms with Crippen molar-refractivity contribution in [1.29, 1.82) is 0 Å². The van der Waals surface area contributed by atoms with Gasteiger partial charge in [0.05, 0.1) is 12.4 Å². The Morgan fingerprint density at radius 2 is 1.89 bits per heavy atom. The van der Waals surface area contributed by atoms with Gasteiger partial charge in [0.25, 0.3) is 5.56 Å². The zero-order chi connectivity index (χ0) is 19.5. The molecule has 0 aliphatic carbocycles. The molecule has 1 atom stereocenters. The molecule has 1 N–H and O–H groups in total. The summed E-state index contributed by atoms with van der Waals surface area (Å²) in [6.45, 7) is 1.97. The van der Waals surface area contributed by atoms with Crippen LogP contribution in [0.5, 0.6) is 0 Å². The van der Waals surface area contributed by atoms with E-state index < -0.39 is 0 Å². The molecule has 1 amide bonds. The second kappa shape index (κ2) is 7.68. The van der Waals surface area contributed by atoms with Crippen molar-refractivity contribution in [2.45, 2.75) is 32.4 Å². The fraction of sp³-hybridized carbons (Fsp3) is 0.227. The Labute approximate surface area is 161 Å². The smallest absolute Gasteiger partial charge is 0.297 e. The van der Waals surface area contributed by atoms with Gasteiger partial charge in [0.2, 0.25) is 11.5 Å². The quantitative estimate of drug-likeness (QED) is 0.556. The highest BCUT2D eigenvalue weighted by atomic mass is 16.3. The lowest BCUT2D eigenvalue weighted by atomic mass is 10.0. The number of para-hydroxylation sites is 1. The van der Waals surface area contributed by atoms with Crippen LogP contribution in [0, 0.1) is 0 Å². The van der Waals surface area contributed by atoms with Gasteiger partial charge in [-0.25, -0.2) is 4.98 Å². The van der Waals surface area contributed by atoms with E-state index in [1.165, 1.54) is 10.9 Å². The Morgan fingerprint density at radius 3 is 2.68 bits per heavy atom. The Morgan fingerprint density at radius 1 is 1.14 bits per heavy atom. The van der Waals surface area contributed by atoms with Crippen molar-refractivity contribution in [2.24, 2.45) is 0 Å². The monoisotopic (exact) mass is 375 g/mol. The van der Waals surface area contributed by atoms with Crippen LogP contribution < -0.4 is 10.9 Å². The fourth-order valence-corrected chi connectivity index (χ4v) is 3.42. The molecule has 0 saturated carbocycles. The van der Waals surface area contributed by atoms with Gasteiger partial charge in [0, 0.05) is 5.39 Å². The number of furan rings is 1. The first-order valence-electron chi connectivity index (χ1n) is 9.38. The molecular weight excluding hydrogens is 354 g/mol. The zero-order valence-corrected chi connectivity index (χ0v) is 15.6.